The molecular weight excluding hydrogens is 482 g/mol. The van der Waals surface area contributed by atoms with E-state index in [4.69, 9.17) is 4.74 Å². The van der Waals surface area contributed by atoms with Crippen molar-refractivity contribution >= 4 is 29.3 Å². The zero-order valence-corrected chi connectivity index (χ0v) is 21.9. The molecule has 0 saturated carbocycles. The number of carboxylic acids is 1. The van der Waals surface area contributed by atoms with Crippen LogP contribution in [-0.4, -0.2) is 47.6 Å². The van der Waals surface area contributed by atoms with Crippen LogP contribution in [0, 0.1) is 0 Å². The number of carbonyl (C=O) groups excluding carboxylic acids is 2. The molecule has 1 atom stereocenters. The third-order valence-corrected chi connectivity index (χ3v) is 6.82. The zero-order chi connectivity index (χ0) is 27.2. The molecule has 0 aliphatic carbocycles. The van der Waals surface area contributed by atoms with E-state index in [9.17, 15) is 19.5 Å². The van der Waals surface area contributed by atoms with Gasteiger partial charge >= 0.3 is 12.0 Å². The average Bonchev–Trinajstić information content (AvgIpc) is 3.37. The normalized spacial score (nSPS) is 14.8. The van der Waals surface area contributed by atoms with Crippen molar-refractivity contribution in [1.82, 2.24) is 4.90 Å². The number of anilines is 2. The van der Waals surface area contributed by atoms with Gasteiger partial charge in [0, 0.05) is 35.9 Å². The van der Waals surface area contributed by atoms with Crippen LogP contribution in [0.15, 0.2) is 66.7 Å². The summed E-state index contributed by atoms with van der Waals surface area (Å²) in [5, 5.41) is 15.1. The molecule has 3 aromatic rings. The molecule has 3 aromatic carbocycles. The second-order valence-corrected chi connectivity index (χ2v) is 9.75. The number of carbonyl (C=O) groups is 3. The van der Waals surface area contributed by atoms with Gasteiger partial charge in [-0.2, -0.15) is 0 Å². The van der Waals surface area contributed by atoms with Gasteiger partial charge in [-0.25, -0.2) is 9.59 Å². The number of nitrogens with one attached hydrogen (secondary N) is 2. The molecule has 0 aromatic heterocycles. The van der Waals surface area contributed by atoms with Crippen LogP contribution < -0.4 is 15.4 Å². The molecular formula is C30H33N3O5. The lowest BCUT2D eigenvalue weighted by molar-refractivity contribution is -0.117. The van der Waals surface area contributed by atoms with E-state index in [1.54, 1.807) is 23.1 Å². The monoisotopic (exact) mass is 515 g/mol. The standard InChI is InChI=1S/C30H33N3O5/c1-19(2)20-6-11-24(12-7-20)32-30(37)33-16-4-5-25(33)18-28(34)31-23-13-8-21(9-14-23)26-15-10-22(29(35)36)17-27(26)38-3/h6-15,17,19,25H,4-5,16,18H2,1-3H3,(H,31,34)(H,32,37)(H,35,36)/t25-/m1/s1. The molecule has 1 saturated heterocycles. The molecule has 1 fully saturated rings. The molecule has 0 unspecified atom stereocenters. The predicted molar refractivity (Wildman–Crippen MR) is 148 cm³/mol. The highest BCUT2D eigenvalue weighted by Crippen LogP contribution is 2.32. The summed E-state index contributed by atoms with van der Waals surface area (Å²) >= 11 is 0. The van der Waals surface area contributed by atoms with Gasteiger partial charge in [-0.15, -0.1) is 0 Å². The Bertz CT molecular complexity index is 1300. The molecule has 0 radical (unpaired) electrons. The summed E-state index contributed by atoms with van der Waals surface area (Å²) in [7, 11) is 1.49. The fourth-order valence-electron chi connectivity index (χ4n) is 4.68. The second kappa shape index (κ2) is 11.8. The first-order valence-corrected chi connectivity index (χ1v) is 12.7. The van der Waals surface area contributed by atoms with Crippen LogP contribution in [0.5, 0.6) is 5.75 Å². The Balaban J connectivity index is 1.35. The summed E-state index contributed by atoms with van der Waals surface area (Å²) in [5.74, 6) is -0.304. The summed E-state index contributed by atoms with van der Waals surface area (Å²) in [5.41, 5.74) is 4.32. The van der Waals surface area contributed by atoms with Crippen molar-refractivity contribution in [2.75, 3.05) is 24.3 Å². The molecule has 3 amide bonds. The van der Waals surface area contributed by atoms with Gasteiger partial charge in [0.15, 0.2) is 0 Å². The highest BCUT2D eigenvalue weighted by atomic mass is 16.5. The Morgan fingerprint density at radius 1 is 0.974 bits per heavy atom. The van der Waals surface area contributed by atoms with Crippen molar-refractivity contribution < 1.29 is 24.2 Å². The molecule has 8 heteroatoms. The molecule has 0 spiro atoms. The van der Waals surface area contributed by atoms with E-state index in [1.165, 1.54) is 24.8 Å². The van der Waals surface area contributed by atoms with Crippen LogP contribution in [0.4, 0.5) is 16.2 Å². The number of methoxy groups -OCH3 is 1. The SMILES string of the molecule is COc1cc(C(=O)O)ccc1-c1ccc(NC(=O)C[C@H]2CCCN2C(=O)Nc2ccc(C(C)C)cc2)cc1. The molecule has 1 aliphatic rings. The van der Waals surface area contributed by atoms with E-state index >= 15 is 0 Å². The summed E-state index contributed by atoms with van der Waals surface area (Å²) < 4.78 is 5.37. The number of urea groups is 1. The number of likely N-dealkylation sites (tertiary alicyclic amines) is 1. The van der Waals surface area contributed by atoms with Gasteiger partial charge in [0.25, 0.3) is 0 Å². The van der Waals surface area contributed by atoms with Crippen molar-refractivity contribution in [2.45, 2.75) is 45.1 Å². The zero-order valence-electron chi connectivity index (χ0n) is 21.9. The maximum absolute atomic E-state index is 12.9. The average molecular weight is 516 g/mol. The lowest BCUT2D eigenvalue weighted by Gasteiger charge is -2.25. The maximum atomic E-state index is 12.9. The fourth-order valence-corrected chi connectivity index (χ4v) is 4.68. The molecule has 4 rings (SSSR count). The molecule has 3 N–H and O–H groups in total. The third-order valence-electron chi connectivity index (χ3n) is 6.82. The highest BCUT2D eigenvalue weighted by Gasteiger charge is 2.30. The van der Waals surface area contributed by atoms with E-state index in [1.807, 2.05) is 36.4 Å². The Morgan fingerprint density at radius 3 is 2.26 bits per heavy atom. The first-order chi connectivity index (χ1) is 18.2. The van der Waals surface area contributed by atoms with Crippen molar-refractivity contribution in [3.63, 3.8) is 0 Å². The topological polar surface area (TPSA) is 108 Å². The van der Waals surface area contributed by atoms with Crippen LogP contribution in [0.2, 0.25) is 0 Å². The van der Waals surface area contributed by atoms with Crippen molar-refractivity contribution in [1.29, 1.82) is 0 Å². The van der Waals surface area contributed by atoms with Gasteiger partial charge in [0.1, 0.15) is 5.75 Å². The minimum Gasteiger partial charge on any atom is -0.496 e. The Morgan fingerprint density at radius 2 is 1.63 bits per heavy atom. The predicted octanol–water partition coefficient (Wildman–Crippen LogP) is 6.21. The third kappa shape index (κ3) is 6.32. The smallest absolute Gasteiger partial charge is 0.335 e. The van der Waals surface area contributed by atoms with Crippen molar-refractivity contribution in [3.8, 4) is 16.9 Å². The van der Waals surface area contributed by atoms with E-state index in [-0.39, 0.29) is 30.0 Å². The Kier molecular flexibility index (Phi) is 8.31. The number of nitrogens with zero attached hydrogens (tertiary/aromatic N) is 1. The van der Waals surface area contributed by atoms with Gasteiger partial charge in [0.2, 0.25) is 5.91 Å². The lowest BCUT2D eigenvalue weighted by Crippen LogP contribution is -2.40. The number of amides is 3. The number of ether oxygens (including phenoxy) is 1. The van der Waals surface area contributed by atoms with Crippen LogP contribution in [-0.2, 0) is 4.79 Å². The Hall–Kier alpha value is -4.33. The number of carboxylic acid groups (broad SMARTS) is 1. The van der Waals surface area contributed by atoms with E-state index in [2.05, 4.69) is 24.5 Å². The van der Waals surface area contributed by atoms with E-state index < -0.39 is 5.97 Å². The van der Waals surface area contributed by atoms with Crippen LogP contribution in [0.25, 0.3) is 11.1 Å². The van der Waals surface area contributed by atoms with Crippen molar-refractivity contribution in [2.24, 2.45) is 0 Å². The molecule has 0 bridgehead atoms. The quantitative estimate of drug-likeness (QED) is 0.331. The molecule has 1 aliphatic heterocycles. The number of hydrogen-bond donors (Lipinski definition) is 3. The number of hydrogen-bond acceptors (Lipinski definition) is 4. The van der Waals surface area contributed by atoms with Gasteiger partial charge in [-0.05, 0) is 72.4 Å². The van der Waals surface area contributed by atoms with Crippen LogP contribution in [0.3, 0.4) is 0 Å². The minimum absolute atomic E-state index is 0.146. The minimum atomic E-state index is -1.02. The van der Waals surface area contributed by atoms with Crippen LogP contribution in [0.1, 0.15) is 54.9 Å². The van der Waals surface area contributed by atoms with Crippen LogP contribution >= 0.6 is 0 Å². The largest absolute Gasteiger partial charge is 0.496 e. The fraction of sp³-hybridized carbons (Fsp3) is 0.300. The number of rotatable bonds is 8. The second-order valence-electron chi connectivity index (χ2n) is 9.75. The molecule has 198 valence electrons. The Labute approximate surface area is 222 Å². The highest BCUT2D eigenvalue weighted by molar-refractivity contribution is 5.94. The van der Waals surface area contributed by atoms with Crippen molar-refractivity contribution in [3.05, 3.63) is 77.9 Å². The lowest BCUT2D eigenvalue weighted by atomic mass is 10.0. The molecule has 8 nitrogen and oxygen atoms in total. The van der Waals surface area contributed by atoms with E-state index in [0.29, 0.717) is 23.9 Å². The number of aromatic carboxylic acids is 1. The van der Waals surface area contributed by atoms with Gasteiger partial charge < -0.3 is 25.4 Å². The molecule has 38 heavy (non-hydrogen) atoms. The molecule has 1 heterocycles. The first-order valence-electron chi connectivity index (χ1n) is 12.7. The van der Waals surface area contributed by atoms with Gasteiger partial charge in [0.05, 0.1) is 12.7 Å². The maximum Gasteiger partial charge on any atom is 0.335 e. The number of benzene rings is 3. The summed E-state index contributed by atoms with van der Waals surface area (Å²) in [6, 6.07) is 19.5. The summed E-state index contributed by atoms with van der Waals surface area (Å²) in [6.45, 7) is 4.87. The first kappa shape index (κ1) is 26.7. The summed E-state index contributed by atoms with van der Waals surface area (Å²) in [6.07, 6.45) is 1.85. The van der Waals surface area contributed by atoms with Gasteiger partial charge in [-0.1, -0.05) is 38.1 Å². The van der Waals surface area contributed by atoms with E-state index in [0.717, 1.165) is 29.7 Å². The summed E-state index contributed by atoms with van der Waals surface area (Å²) in [4.78, 5) is 38.7. The van der Waals surface area contributed by atoms with Gasteiger partial charge in [-0.3, -0.25) is 4.79 Å².